The molecule has 1 aliphatic heterocycles. The standard InChI is InChI=1S/C7H14N4O3/c1-4(7-11-14-7)10-6(13)3-9-5(12)2-8/h4,7,11H,2-3,8H2,1H3,(H,9,12)(H,10,13)/t4-,7?/m0/s1. The van der Waals surface area contributed by atoms with Gasteiger partial charge in [0.15, 0.2) is 6.23 Å². The third-order valence-electron chi connectivity index (χ3n) is 1.73. The van der Waals surface area contributed by atoms with E-state index in [9.17, 15) is 9.59 Å². The maximum atomic E-state index is 11.2. The van der Waals surface area contributed by atoms with Gasteiger partial charge in [0.05, 0.1) is 19.1 Å². The molecule has 5 N–H and O–H groups in total. The Morgan fingerprint density at radius 1 is 1.57 bits per heavy atom. The Hall–Kier alpha value is -1.18. The molecule has 2 atom stereocenters. The molecule has 80 valence electrons. The molecule has 1 fully saturated rings. The molecule has 0 aromatic heterocycles. The zero-order valence-electron chi connectivity index (χ0n) is 7.87. The van der Waals surface area contributed by atoms with Crippen LogP contribution in [0.4, 0.5) is 0 Å². The van der Waals surface area contributed by atoms with E-state index >= 15 is 0 Å². The number of hydrogen-bond donors (Lipinski definition) is 4. The third kappa shape index (κ3) is 3.69. The SMILES string of the molecule is C[C@H](NC(=O)CNC(=O)CN)C1NO1. The van der Waals surface area contributed by atoms with E-state index in [1.165, 1.54) is 0 Å². The maximum Gasteiger partial charge on any atom is 0.239 e. The van der Waals surface area contributed by atoms with E-state index in [2.05, 4.69) is 16.1 Å². The van der Waals surface area contributed by atoms with Crippen LogP contribution in [0.3, 0.4) is 0 Å². The van der Waals surface area contributed by atoms with Gasteiger partial charge >= 0.3 is 0 Å². The summed E-state index contributed by atoms with van der Waals surface area (Å²) in [7, 11) is 0. The molecule has 0 bridgehead atoms. The van der Waals surface area contributed by atoms with Crippen molar-refractivity contribution in [3.05, 3.63) is 0 Å². The fourth-order valence-corrected chi connectivity index (χ4v) is 0.875. The minimum absolute atomic E-state index is 0.0624. The van der Waals surface area contributed by atoms with Crippen molar-refractivity contribution in [1.82, 2.24) is 16.1 Å². The first kappa shape index (κ1) is 10.9. The largest absolute Gasteiger partial charge is 0.348 e. The van der Waals surface area contributed by atoms with E-state index in [4.69, 9.17) is 10.6 Å². The molecule has 0 aliphatic carbocycles. The zero-order valence-corrected chi connectivity index (χ0v) is 7.87. The van der Waals surface area contributed by atoms with Gasteiger partial charge in [-0.15, -0.1) is 0 Å². The van der Waals surface area contributed by atoms with Gasteiger partial charge in [0, 0.05) is 0 Å². The van der Waals surface area contributed by atoms with Gasteiger partial charge in [-0.1, -0.05) is 0 Å². The van der Waals surface area contributed by atoms with Crippen LogP contribution in [0.15, 0.2) is 0 Å². The highest BCUT2D eigenvalue weighted by atomic mass is 16.8. The van der Waals surface area contributed by atoms with E-state index in [1.54, 1.807) is 6.92 Å². The fourth-order valence-electron chi connectivity index (χ4n) is 0.875. The lowest BCUT2D eigenvalue weighted by molar-refractivity contribution is -0.125. The number of hydroxylamine groups is 1. The number of amides is 2. The van der Waals surface area contributed by atoms with Crippen LogP contribution in [0.5, 0.6) is 0 Å². The zero-order chi connectivity index (χ0) is 10.6. The third-order valence-corrected chi connectivity index (χ3v) is 1.73. The first-order chi connectivity index (χ1) is 6.63. The van der Waals surface area contributed by atoms with Crippen molar-refractivity contribution in [3.8, 4) is 0 Å². The lowest BCUT2D eigenvalue weighted by Gasteiger charge is -2.10. The summed E-state index contributed by atoms with van der Waals surface area (Å²) in [6, 6.07) is -0.114. The molecule has 1 heterocycles. The van der Waals surface area contributed by atoms with Gasteiger partial charge in [-0.25, -0.2) is 0 Å². The van der Waals surface area contributed by atoms with Gasteiger partial charge in [-0.2, -0.15) is 5.48 Å². The number of carbonyl (C=O) groups is 2. The van der Waals surface area contributed by atoms with Crippen LogP contribution in [-0.2, 0) is 14.4 Å². The first-order valence-electron chi connectivity index (χ1n) is 4.31. The van der Waals surface area contributed by atoms with E-state index in [0.29, 0.717) is 0 Å². The average molecular weight is 202 g/mol. The Kier molecular flexibility index (Phi) is 3.81. The van der Waals surface area contributed by atoms with E-state index in [1.807, 2.05) is 0 Å². The maximum absolute atomic E-state index is 11.2. The van der Waals surface area contributed by atoms with Crippen LogP contribution >= 0.6 is 0 Å². The smallest absolute Gasteiger partial charge is 0.239 e. The minimum atomic E-state index is -0.353. The van der Waals surface area contributed by atoms with Gasteiger partial charge < -0.3 is 16.4 Å². The number of hydrogen-bond acceptors (Lipinski definition) is 5. The Bertz CT molecular complexity index is 229. The lowest BCUT2D eigenvalue weighted by Crippen LogP contribution is -2.44. The molecule has 1 unspecified atom stereocenters. The second-order valence-corrected chi connectivity index (χ2v) is 2.99. The molecule has 1 aliphatic rings. The van der Waals surface area contributed by atoms with E-state index in [0.717, 1.165) is 0 Å². The van der Waals surface area contributed by atoms with Gasteiger partial charge in [0.1, 0.15) is 0 Å². The number of carbonyl (C=O) groups excluding carboxylic acids is 2. The van der Waals surface area contributed by atoms with Crippen molar-refractivity contribution in [3.63, 3.8) is 0 Å². The van der Waals surface area contributed by atoms with Crippen molar-refractivity contribution in [1.29, 1.82) is 0 Å². The van der Waals surface area contributed by atoms with Crippen LogP contribution in [0, 0.1) is 0 Å². The number of rotatable bonds is 5. The molecule has 0 aromatic carbocycles. The molecular formula is C7H14N4O3. The molecule has 0 radical (unpaired) electrons. The van der Waals surface area contributed by atoms with Crippen LogP contribution in [-0.4, -0.2) is 37.2 Å². The predicted molar refractivity (Wildman–Crippen MR) is 47.7 cm³/mol. The highest BCUT2D eigenvalue weighted by Gasteiger charge is 2.30. The molecule has 0 aromatic rings. The average Bonchev–Trinajstić information content (AvgIpc) is 2.97. The minimum Gasteiger partial charge on any atom is -0.348 e. The summed E-state index contributed by atoms with van der Waals surface area (Å²) in [4.78, 5) is 26.6. The van der Waals surface area contributed by atoms with Gasteiger partial charge in [-0.3, -0.25) is 14.4 Å². The van der Waals surface area contributed by atoms with Crippen LogP contribution in [0.1, 0.15) is 6.92 Å². The fraction of sp³-hybridized carbons (Fsp3) is 0.714. The summed E-state index contributed by atoms with van der Waals surface area (Å²) in [5.41, 5.74) is 7.64. The summed E-state index contributed by atoms with van der Waals surface area (Å²) in [6.45, 7) is 1.62. The molecule has 14 heavy (non-hydrogen) atoms. The molecular weight excluding hydrogens is 188 g/mol. The first-order valence-corrected chi connectivity index (χ1v) is 4.31. The quantitative estimate of drug-likeness (QED) is 0.365. The summed E-state index contributed by atoms with van der Waals surface area (Å²) < 4.78 is 0. The lowest BCUT2D eigenvalue weighted by atomic mass is 10.3. The topological polar surface area (TPSA) is 119 Å². The monoisotopic (exact) mass is 202 g/mol. The second-order valence-electron chi connectivity index (χ2n) is 2.99. The van der Waals surface area contributed by atoms with Crippen molar-refractivity contribution in [2.75, 3.05) is 13.1 Å². The Morgan fingerprint density at radius 2 is 2.21 bits per heavy atom. The van der Waals surface area contributed by atoms with Crippen molar-refractivity contribution in [2.45, 2.75) is 19.2 Å². The van der Waals surface area contributed by atoms with Gasteiger partial charge in [0.25, 0.3) is 0 Å². The molecule has 2 amide bonds. The van der Waals surface area contributed by atoms with E-state index in [-0.39, 0.29) is 37.2 Å². The molecule has 7 nitrogen and oxygen atoms in total. The van der Waals surface area contributed by atoms with Crippen LogP contribution in [0.25, 0.3) is 0 Å². The van der Waals surface area contributed by atoms with E-state index < -0.39 is 0 Å². The Morgan fingerprint density at radius 3 is 2.71 bits per heavy atom. The Balaban J connectivity index is 2.11. The molecule has 0 spiro atoms. The van der Waals surface area contributed by atoms with Crippen molar-refractivity contribution in [2.24, 2.45) is 5.73 Å². The van der Waals surface area contributed by atoms with Gasteiger partial charge in [0.2, 0.25) is 11.8 Å². The second kappa shape index (κ2) is 4.89. The van der Waals surface area contributed by atoms with Crippen LogP contribution in [0.2, 0.25) is 0 Å². The van der Waals surface area contributed by atoms with Gasteiger partial charge in [-0.05, 0) is 6.92 Å². The summed E-state index contributed by atoms with van der Waals surface area (Å²) in [5, 5.41) is 5.00. The van der Waals surface area contributed by atoms with Crippen molar-refractivity contribution >= 4 is 11.8 Å². The number of nitrogens with one attached hydrogen (secondary N) is 3. The molecule has 7 heteroatoms. The van der Waals surface area contributed by atoms with Crippen LogP contribution < -0.4 is 21.8 Å². The highest BCUT2D eigenvalue weighted by Crippen LogP contribution is 2.04. The summed E-state index contributed by atoms with van der Waals surface area (Å²) >= 11 is 0. The van der Waals surface area contributed by atoms with Crippen molar-refractivity contribution < 1.29 is 14.4 Å². The number of nitrogens with two attached hydrogens (primary N) is 1. The molecule has 1 rings (SSSR count). The summed E-state index contributed by atoms with van der Waals surface area (Å²) in [5.74, 6) is -0.620. The predicted octanol–water partition coefficient (Wildman–Crippen LogP) is -2.57. The highest BCUT2D eigenvalue weighted by molar-refractivity contribution is 5.85. The Labute approximate surface area is 81.3 Å². The molecule has 1 saturated heterocycles. The molecule has 0 saturated carbocycles. The summed E-state index contributed by atoms with van der Waals surface area (Å²) in [6.07, 6.45) is -0.121. The normalized spacial score (nSPS) is 21.1.